The Kier molecular flexibility index (Phi) is 2.43. The van der Waals surface area contributed by atoms with E-state index in [9.17, 15) is 0 Å². The largest absolute Gasteiger partial charge is 0.0882 e. The Labute approximate surface area is 109 Å². The molecule has 1 aromatic carbocycles. The lowest BCUT2D eigenvalue weighted by Crippen LogP contribution is -2.29. The molecule has 3 atom stereocenters. The second-order valence-electron chi connectivity index (χ2n) is 6.19. The molecule has 4 rings (SSSR count). The Morgan fingerprint density at radius 3 is 2.72 bits per heavy atom. The first-order chi connectivity index (χ1) is 8.90. The molecule has 0 amide bonds. The molecule has 0 radical (unpaired) electrons. The molecule has 0 heteroatoms. The summed E-state index contributed by atoms with van der Waals surface area (Å²) in [6.45, 7) is 0. The first-order valence-corrected chi connectivity index (χ1v) is 7.32. The van der Waals surface area contributed by atoms with Gasteiger partial charge < -0.3 is 0 Å². The summed E-state index contributed by atoms with van der Waals surface area (Å²) in [4.78, 5) is 0. The van der Waals surface area contributed by atoms with E-state index in [0.717, 1.165) is 17.8 Å². The third kappa shape index (κ3) is 1.67. The molecule has 0 fully saturated rings. The SMILES string of the molecule is C1=CCC2CC3Cc4ccccc4CC3=CC2C1. The lowest BCUT2D eigenvalue weighted by atomic mass is 9.66. The quantitative estimate of drug-likeness (QED) is 0.589. The van der Waals surface area contributed by atoms with Gasteiger partial charge in [0.25, 0.3) is 0 Å². The van der Waals surface area contributed by atoms with Gasteiger partial charge in [0, 0.05) is 0 Å². The standard InChI is InChI=1S/C18H20/c1-2-6-14-10-18-12-16-8-4-3-7-15(16)11-17(18)9-13(14)5-1/h1-6,11,15-16,18H,7-10,12H2. The number of fused-ring (bicyclic) bond motifs is 3. The van der Waals surface area contributed by atoms with E-state index in [1.54, 1.807) is 16.7 Å². The van der Waals surface area contributed by atoms with E-state index in [0.29, 0.717) is 0 Å². The lowest BCUT2D eigenvalue weighted by molar-refractivity contribution is 0.283. The van der Waals surface area contributed by atoms with Crippen LogP contribution in [0.3, 0.4) is 0 Å². The van der Waals surface area contributed by atoms with Crippen molar-refractivity contribution < 1.29 is 0 Å². The number of rotatable bonds is 0. The fourth-order valence-electron chi connectivity index (χ4n) is 4.13. The van der Waals surface area contributed by atoms with Gasteiger partial charge in [-0.25, -0.2) is 0 Å². The number of benzene rings is 1. The molecular formula is C18H20. The van der Waals surface area contributed by atoms with Crippen molar-refractivity contribution in [2.45, 2.75) is 32.1 Å². The highest BCUT2D eigenvalue weighted by atomic mass is 14.4. The zero-order valence-corrected chi connectivity index (χ0v) is 10.8. The van der Waals surface area contributed by atoms with E-state index < -0.39 is 0 Å². The molecule has 0 bridgehead atoms. The van der Waals surface area contributed by atoms with Gasteiger partial charge in [0.2, 0.25) is 0 Å². The van der Waals surface area contributed by atoms with Crippen LogP contribution in [0.1, 0.15) is 30.4 Å². The van der Waals surface area contributed by atoms with Crippen LogP contribution in [0.5, 0.6) is 0 Å². The molecule has 3 aliphatic carbocycles. The fourth-order valence-corrected chi connectivity index (χ4v) is 4.13. The molecule has 92 valence electrons. The van der Waals surface area contributed by atoms with Crippen molar-refractivity contribution in [2.24, 2.45) is 17.8 Å². The molecule has 0 saturated carbocycles. The van der Waals surface area contributed by atoms with E-state index >= 15 is 0 Å². The minimum Gasteiger partial charge on any atom is -0.0882 e. The highest BCUT2D eigenvalue weighted by molar-refractivity contribution is 5.38. The minimum atomic E-state index is 0.839. The van der Waals surface area contributed by atoms with Crippen LogP contribution in [-0.4, -0.2) is 0 Å². The summed E-state index contributed by atoms with van der Waals surface area (Å²) >= 11 is 0. The molecule has 3 unspecified atom stereocenters. The average molecular weight is 236 g/mol. The summed E-state index contributed by atoms with van der Waals surface area (Å²) < 4.78 is 0. The van der Waals surface area contributed by atoms with E-state index in [-0.39, 0.29) is 0 Å². The molecule has 0 spiro atoms. The molecule has 0 saturated heterocycles. The summed E-state index contributed by atoms with van der Waals surface area (Å²) in [5.74, 6) is 2.60. The molecule has 0 aliphatic heterocycles. The molecular weight excluding hydrogens is 216 g/mol. The van der Waals surface area contributed by atoms with Gasteiger partial charge in [0.15, 0.2) is 0 Å². The Hall–Kier alpha value is -1.30. The highest BCUT2D eigenvalue weighted by Gasteiger charge is 2.33. The zero-order valence-electron chi connectivity index (χ0n) is 10.8. The summed E-state index contributed by atoms with van der Waals surface area (Å²) in [7, 11) is 0. The first-order valence-electron chi connectivity index (χ1n) is 7.32. The number of hydrogen-bond acceptors (Lipinski definition) is 0. The second-order valence-corrected chi connectivity index (χ2v) is 6.19. The van der Waals surface area contributed by atoms with Crippen LogP contribution in [0.25, 0.3) is 0 Å². The van der Waals surface area contributed by atoms with Gasteiger partial charge in [-0.05, 0) is 61.0 Å². The van der Waals surface area contributed by atoms with Crippen molar-refractivity contribution in [1.82, 2.24) is 0 Å². The topological polar surface area (TPSA) is 0 Å². The van der Waals surface area contributed by atoms with Crippen LogP contribution in [-0.2, 0) is 12.8 Å². The maximum atomic E-state index is 2.64. The Morgan fingerprint density at radius 1 is 0.944 bits per heavy atom. The van der Waals surface area contributed by atoms with Crippen LogP contribution >= 0.6 is 0 Å². The molecule has 0 heterocycles. The van der Waals surface area contributed by atoms with Gasteiger partial charge in [-0.2, -0.15) is 0 Å². The molecule has 0 N–H and O–H groups in total. The summed E-state index contributed by atoms with van der Waals surface area (Å²) in [5.41, 5.74) is 4.92. The number of hydrogen-bond donors (Lipinski definition) is 0. The Balaban J connectivity index is 1.69. The van der Waals surface area contributed by atoms with Crippen molar-refractivity contribution in [3.05, 3.63) is 59.2 Å². The monoisotopic (exact) mass is 236 g/mol. The zero-order chi connectivity index (χ0) is 11.9. The third-order valence-electron chi connectivity index (χ3n) is 5.14. The maximum Gasteiger partial charge on any atom is -0.00614 e. The van der Waals surface area contributed by atoms with Crippen molar-refractivity contribution in [1.29, 1.82) is 0 Å². The van der Waals surface area contributed by atoms with Crippen LogP contribution in [0.4, 0.5) is 0 Å². The van der Waals surface area contributed by atoms with Crippen LogP contribution in [0.2, 0.25) is 0 Å². The molecule has 1 aromatic rings. The van der Waals surface area contributed by atoms with Crippen molar-refractivity contribution in [3.8, 4) is 0 Å². The predicted molar refractivity (Wildman–Crippen MR) is 75.4 cm³/mol. The highest BCUT2D eigenvalue weighted by Crippen LogP contribution is 2.44. The van der Waals surface area contributed by atoms with Crippen LogP contribution in [0, 0.1) is 17.8 Å². The van der Waals surface area contributed by atoms with Gasteiger partial charge in [-0.1, -0.05) is 48.1 Å². The number of allylic oxidation sites excluding steroid dienone is 4. The van der Waals surface area contributed by atoms with Crippen molar-refractivity contribution in [3.63, 3.8) is 0 Å². The molecule has 18 heavy (non-hydrogen) atoms. The van der Waals surface area contributed by atoms with Gasteiger partial charge >= 0.3 is 0 Å². The first kappa shape index (κ1) is 10.6. The molecule has 0 aromatic heterocycles. The Bertz CT molecular complexity index is 521. The fraction of sp³-hybridized carbons (Fsp3) is 0.444. The van der Waals surface area contributed by atoms with Crippen LogP contribution in [0.15, 0.2) is 48.1 Å². The van der Waals surface area contributed by atoms with Crippen LogP contribution < -0.4 is 0 Å². The van der Waals surface area contributed by atoms with E-state index in [2.05, 4.69) is 42.5 Å². The van der Waals surface area contributed by atoms with E-state index in [1.807, 2.05) is 0 Å². The second kappa shape index (κ2) is 4.12. The van der Waals surface area contributed by atoms with Gasteiger partial charge in [0.1, 0.15) is 0 Å². The van der Waals surface area contributed by atoms with E-state index in [1.165, 1.54) is 32.1 Å². The smallest absolute Gasteiger partial charge is 0.00614 e. The average Bonchev–Trinajstić information content (AvgIpc) is 2.42. The molecule has 0 nitrogen and oxygen atoms in total. The van der Waals surface area contributed by atoms with E-state index in [4.69, 9.17) is 0 Å². The minimum absolute atomic E-state index is 0.839. The van der Waals surface area contributed by atoms with Crippen molar-refractivity contribution in [2.75, 3.05) is 0 Å². The summed E-state index contributed by atoms with van der Waals surface area (Å²) in [5, 5.41) is 0. The summed E-state index contributed by atoms with van der Waals surface area (Å²) in [6, 6.07) is 9.04. The lowest BCUT2D eigenvalue weighted by Gasteiger charge is -2.39. The van der Waals surface area contributed by atoms with Gasteiger partial charge in [0.05, 0.1) is 0 Å². The third-order valence-corrected chi connectivity index (χ3v) is 5.14. The maximum absolute atomic E-state index is 2.64. The van der Waals surface area contributed by atoms with Crippen molar-refractivity contribution >= 4 is 0 Å². The van der Waals surface area contributed by atoms with Gasteiger partial charge in [-0.15, -0.1) is 0 Å². The molecule has 3 aliphatic rings. The Morgan fingerprint density at radius 2 is 1.78 bits per heavy atom. The summed E-state index contributed by atoms with van der Waals surface area (Å²) in [6.07, 6.45) is 13.9. The normalized spacial score (nSPS) is 33.1. The predicted octanol–water partition coefficient (Wildman–Crippen LogP) is 4.31. The van der Waals surface area contributed by atoms with Gasteiger partial charge in [-0.3, -0.25) is 0 Å².